The first-order valence-electron chi connectivity index (χ1n) is 9.83. The van der Waals surface area contributed by atoms with Crippen molar-refractivity contribution in [3.05, 3.63) is 65.2 Å². The number of aliphatic hydroxyl groups is 4. The van der Waals surface area contributed by atoms with Crippen molar-refractivity contribution in [1.29, 1.82) is 0 Å². The maximum absolute atomic E-state index is 12.1. The van der Waals surface area contributed by atoms with E-state index in [1.165, 1.54) is 19.2 Å². The quantitative estimate of drug-likeness (QED) is 0.480. The summed E-state index contributed by atoms with van der Waals surface area (Å²) in [5.41, 5.74) is -0.878. The fourth-order valence-corrected chi connectivity index (χ4v) is 4.35. The van der Waals surface area contributed by atoms with Crippen LogP contribution >= 0.6 is 0 Å². The summed E-state index contributed by atoms with van der Waals surface area (Å²) in [7, 11) is 1.49. The second-order valence-electron chi connectivity index (χ2n) is 7.66. The van der Waals surface area contributed by atoms with Crippen LogP contribution in [-0.2, 0) is 16.8 Å². The normalized spacial score (nSPS) is 32.9. The SMILES string of the molecule is CNC(=O)c1cccc([C@]2(O)[C@@H](O)[C@H](O)[C@@H](CO)O[C@@]23CCc2ccccc2O3)c1. The highest BCUT2D eigenvalue weighted by atomic mass is 16.7. The summed E-state index contributed by atoms with van der Waals surface area (Å²) in [5, 5.41) is 45.7. The summed E-state index contributed by atoms with van der Waals surface area (Å²) >= 11 is 0. The molecule has 0 radical (unpaired) electrons. The number of fused-ring (bicyclic) bond motifs is 1. The lowest BCUT2D eigenvalue weighted by atomic mass is 9.72. The zero-order valence-electron chi connectivity index (χ0n) is 16.5. The van der Waals surface area contributed by atoms with Crippen LogP contribution in [0, 0.1) is 0 Å². The van der Waals surface area contributed by atoms with Gasteiger partial charge in [0.2, 0.25) is 5.79 Å². The van der Waals surface area contributed by atoms with Gasteiger partial charge < -0.3 is 35.2 Å². The number of benzene rings is 2. The Hall–Kier alpha value is -2.49. The molecule has 2 aliphatic heterocycles. The van der Waals surface area contributed by atoms with E-state index in [1.807, 2.05) is 12.1 Å². The molecule has 1 amide bonds. The molecule has 160 valence electrons. The van der Waals surface area contributed by atoms with Crippen molar-refractivity contribution in [1.82, 2.24) is 5.32 Å². The minimum atomic E-state index is -2.21. The molecule has 1 saturated heterocycles. The Labute approximate surface area is 173 Å². The van der Waals surface area contributed by atoms with Crippen LogP contribution in [0.4, 0.5) is 0 Å². The smallest absolute Gasteiger partial charge is 0.251 e. The van der Waals surface area contributed by atoms with Crippen LogP contribution in [0.2, 0.25) is 0 Å². The molecule has 8 nitrogen and oxygen atoms in total. The zero-order valence-corrected chi connectivity index (χ0v) is 16.5. The Kier molecular flexibility index (Phi) is 5.29. The summed E-state index contributed by atoms with van der Waals surface area (Å²) in [5.74, 6) is -1.68. The second-order valence-corrected chi connectivity index (χ2v) is 7.66. The second kappa shape index (κ2) is 7.64. The summed E-state index contributed by atoms with van der Waals surface area (Å²) in [4.78, 5) is 12.1. The number of amides is 1. The monoisotopic (exact) mass is 415 g/mol. The molecule has 1 spiro atoms. The molecular formula is C22H25NO7. The van der Waals surface area contributed by atoms with Crippen molar-refractivity contribution < 1.29 is 34.7 Å². The maximum atomic E-state index is 12.1. The number of carbonyl (C=O) groups is 1. The van der Waals surface area contributed by atoms with Crippen LogP contribution in [0.25, 0.3) is 0 Å². The first-order valence-corrected chi connectivity index (χ1v) is 9.83. The average Bonchev–Trinajstić information content (AvgIpc) is 2.79. The Balaban J connectivity index is 1.87. The topological polar surface area (TPSA) is 128 Å². The van der Waals surface area contributed by atoms with E-state index in [4.69, 9.17) is 9.47 Å². The van der Waals surface area contributed by atoms with Gasteiger partial charge >= 0.3 is 0 Å². The number of hydrogen-bond donors (Lipinski definition) is 5. The van der Waals surface area contributed by atoms with Gasteiger partial charge in [-0.1, -0.05) is 30.3 Å². The molecule has 0 aromatic heterocycles. The number of aryl methyl sites for hydroxylation is 1. The number of hydrogen-bond acceptors (Lipinski definition) is 7. The van der Waals surface area contributed by atoms with Crippen LogP contribution in [0.3, 0.4) is 0 Å². The van der Waals surface area contributed by atoms with Gasteiger partial charge in [0.25, 0.3) is 5.91 Å². The number of nitrogens with one attached hydrogen (secondary N) is 1. The van der Waals surface area contributed by atoms with Crippen molar-refractivity contribution in [3.8, 4) is 5.75 Å². The predicted octanol–water partition coefficient (Wildman–Crippen LogP) is 0.0682. The van der Waals surface area contributed by atoms with Gasteiger partial charge in [0.15, 0.2) is 5.60 Å². The van der Waals surface area contributed by atoms with Crippen LogP contribution in [0.1, 0.15) is 27.9 Å². The number of aliphatic hydroxyl groups excluding tert-OH is 3. The Morgan fingerprint density at radius 1 is 1.20 bits per heavy atom. The molecule has 0 unspecified atom stereocenters. The van der Waals surface area contributed by atoms with Gasteiger partial charge in [0.1, 0.15) is 24.1 Å². The van der Waals surface area contributed by atoms with Crippen molar-refractivity contribution in [2.45, 2.75) is 42.5 Å². The van der Waals surface area contributed by atoms with Gasteiger partial charge in [-0.15, -0.1) is 0 Å². The van der Waals surface area contributed by atoms with E-state index >= 15 is 0 Å². The lowest BCUT2D eigenvalue weighted by Gasteiger charge is -2.56. The molecule has 0 saturated carbocycles. The summed E-state index contributed by atoms with van der Waals surface area (Å²) in [6, 6.07) is 13.4. The van der Waals surface area contributed by atoms with Crippen LogP contribution < -0.4 is 10.1 Å². The third-order valence-corrected chi connectivity index (χ3v) is 6.00. The van der Waals surface area contributed by atoms with Crippen LogP contribution in [0.5, 0.6) is 5.75 Å². The molecule has 0 aliphatic carbocycles. The number of rotatable bonds is 3. The Bertz CT molecular complexity index is 951. The largest absolute Gasteiger partial charge is 0.458 e. The van der Waals surface area contributed by atoms with Crippen molar-refractivity contribution >= 4 is 5.91 Å². The molecule has 30 heavy (non-hydrogen) atoms. The predicted molar refractivity (Wildman–Crippen MR) is 106 cm³/mol. The molecule has 2 aliphatic rings. The molecule has 2 aromatic rings. The van der Waals surface area contributed by atoms with Crippen LogP contribution in [0.15, 0.2) is 48.5 Å². The van der Waals surface area contributed by atoms with E-state index in [0.29, 0.717) is 12.2 Å². The molecule has 8 heteroatoms. The van der Waals surface area contributed by atoms with E-state index in [0.717, 1.165) is 5.56 Å². The number of carbonyl (C=O) groups excluding carboxylic acids is 1. The lowest BCUT2D eigenvalue weighted by Crippen LogP contribution is -2.73. The first kappa shape index (κ1) is 20.8. The first-order chi connectivity index (χ1) is 14.4. The molecule has 2 heterocycles. The van der Waals surface area contributed by atoms with E-state index in [1.54, 1.807) is 24.3 Å². The van der Waals surface area contributed by atoms with Crippen molar-refractivity contribution in [2.24, 2.45) is 0 Å². The molecular weight excluding hydrogens is 390 g/mol. The molecule has 5 atom stereocenters. The van der Waals surface area contributed by atoms with Gasteiger partial charge in [-0.3, -0.25) is 4.79 Å². The minimum absolute atomic E-state index is 0.158. The van der Waals surface area contributed by atoms with Gasteiger partial charge in [-0.2, -0.15) is 0 Å². The Morgan fingerprint density at radius 3 is 2.70 bits per heavy atom. The minimum Gasteiger partial charge on any atom is -0.458 e. The fourth-order valence-electron chi connectivity index (χ4n) is 4.35. The number of ether oxygens (including phenoxy) is 2. The highest BCUT2D eigenvalue weighted by Crippen LogP contribution is 2.51. The molecule has 5 N–H and O–H groups in total. The van der Waals surface area contributed by atoms with Crippen molar-refractivity contribution in [2.75, 3.05) is 13.7 Å². The van der Waals surface area contributed by atoms with E-state index < -0.39 is 36.3 Å². The number of para-hydroxylation sites is 1. The van der Waals surface area contributed by atoms with E-state index in [-0.39, 0.29) is 23.5 Å². The maximum Gasteiger partial charge on any atom is 0.251 e. The summed E-state index contributed by atoms with van der Waals surface area (Å²) in [6.45, 7) is -0.570. The Morgan fingerprint density at radius 2 is 1.97 bits per heavy atom. The zero-order chi connectivity index (χ0) is 21.5. The van der Waals surface area contributed by atoms with Gasteiger partial charge in [-0.05, 0) is 35.7 Å². The molecule has 0 bridgehead atoms. The average molecular weight is 415 g/mol. The van der Waals surface area contributed by atoms with Gasteiger partial charge in [-0.25, -0.2) is 0 Å². The standard InChI is InChI=1S/C22H25NO7/c1-23-20(27)14-6-4-7-15(11-14)22(28)19(26)18(25)17(12-24)30-21(22)10-9-13-5-2-3-8-16(13)29-21/h2-8,11,17-19,24-26,28H,9-10,12H2,1H3,(H,23,27)/t17-,18-,19+,21+,22+/m1/s1. The fraction of sp³-hybridized carbons (Fsp3) is 0.409. The van der Waals surface area contributed by atoms with Crippen molar-refractivity contribution in [3.63, 3.8) is 0 Å². The molecule has 2 aromatic carbocycles. The highest BCUT2D eigenvalue weighted by Gasteiger charge is 2.67. The van der Waals surface area contributed by atoms with E-state index in [9.17, 15) is 25.2 Å². The molecule has 1 fully saturated rings. The lowest BCUT2D eigenvalue weighted by molar-refractivity contribution is -0.388. The summed E-state index contributed by atoms with van der Waals surface area (Å²) < 4.78 is 12.1. The van der Waals surface area contributed by atoms with Crippen LogP contribution in [-0.4, -0.2) is 64.1 Å². The van der Waals surface area contributed by atoms with Gasteiger partial charge in [0.05, 0.1) is 6.61 Å². The third-order valence-electron chi connectivity index (χ3n) is 6.00. The third kappa shape index (κ3) is 3.00. The van der Waals surface area contributed by atoms with E-state index in [2.05, 4.69) is 5.32 Å². The summed E-state index contributed by atoms with van der Waals surface area (Å²) in [6.07, 6.45) is -3.84. The molecule has 4 rings (SSSR count). The van der Waals surface area contributed by atoms with Gasteiger partial charge in [0, 0.05) is 19.0 Å². The highest BCUT2D eigenvalue weighted by molar-refractivity contribution is 5.94.